The van der Waals surface area contributed by atoms with E-state index < -0.39 is 4.45 Å². The minimum atomic E-state index is -0.733. The zero-order valence-corrected chi connectivity index (χ0v) is 10.3. The highest BCUT2D eigenvalue weighted by Gasteiger charge is 2.61. The predicted octanol–water partition coefficient (Wildman–Crippen LogP) is 0.642. The molecule has 2 aromatic rings. The molecule has 0 bridgehead atoms. The van der Waals surface area contributed by atoms with Gasteiger partial charge in [0.2, 0.25) is 12.4 Å². The van der Waals surface area contributed by atoms with Crippen LogP contribution in [0.25, 0.3) is 0 Å². The zero-order chi connectivity index (χ0) is 11.3. The Labute approximate surface area is 106 Å². The van der Waals surface area contributed by atoms with E-state index in [1.165, 1.54) is 0 Å². The average molecular weight is 264 g/mol. The first-order chi connectivity index (χ1) is 8.35. The van der Waals surface area contributed by atoms with Crippen LogP contribution < -0.4 is 19.1 Å². The highest BCUT2D eigenvalue weighted by Crippen LogP contribution is 2.46. The molecule has 0 unspecified atom stereocenters. The van der Waals surface area contributed by atoms with Crippen molar-refractivity contribution in [2.75, 3.05) is 0 Å². The molecule has 0 N–H and O–H groups in total. The second-order valence-electron chi connectivity index (χ2n) is 3.62. The van der Waals surface area contributed by atoms with Gasteiger partial charge in [0.15, 0.2) is 0 Å². The van der Waals surface area contributed by atoms with Crippen LogP contribution in [-0.4, -0.2) is 4.45 Å². The molecule has 2 aliphatic rings. The lowest BCUT2D eigenvalue weighted by molar-refractivity contribution is -0.972. The molecule has 0 saturated heterocycles. The van der Waals surface area contributed by atoms with Crippen LogP contribution >= 0.6 is 23.5 Å². The fourth-order valence-corrected chi connectivity index (χ4v) is 4.07. The summed E-state index contributed by atoms with van der Waals surface area (Å²) in [6.45, 7) is 0. The lowest BCUT2D eigenvalue weighted by atomic mass is 10.5. The van der Waals surface area contributed by atoms with Gasteiger partial charge >= 0.3 is 4.45 Å². The first kappa shape index (κ1) is 9.61. The van der Waals surface area contributed by atoms with E-state index in [0.717, 1.165) is 10.1 Å². The van der Waals surface area contributed by atoms with E-state index >= 15 is 0 Å². The first-order valence-electron chi connectivity index (χ1n) is 5.13. The molecule has 1 spiro atoms. The van der Waals surface area contributed by atoms with Gasteiger partial charge in [-0.3, -0.25) is 0 Å². The summed E-state index contributed by atoms with van der Waals surface area (Å²) in [6, 6.07) is 11.9. The molecule has 4 rings (SSSR count). The fourth-order valence-electron chi connectivity index (χ4n) is 1.74. The number of pyridine rings is 2. The number of hydrogen-bond donors (Lipinski definition) is 0. The maximum absolute atomic E-state index is 5.84. The Kier molecular flexibility index (Phi) is 1.87. The molecule has 84 valence electrons. The van der Waals surface area contributed by atoms with Crippen molar-refractivity contribution in [3.63, 3.8) is 0 Å². The smallest absolute Gasteiger partial charge is 0.189 e. The van der Waals surface area contributed by atoms with Crippen molar-refractivity contribution in [2.24, 2.45) is 0 Å². The van der Waals surface area contributed by atoms with Gasteiger partial charge in [-0.2, -0.15) is 9.68 Å². The summed E-state index contributed by atoms with van der Waals surface area (Å²) in [6.07, 6.45) is 3.77. The molecule has 0 amide bonds. The molecule has 0 aromatic carbocycles. The van der Waals surface area contributed by atoms with Crippen LogP contribution in [0, 0.1) is 0 Å². The van der Waals surface area contributed by atoms with Gasteiger partial charge in [-0.05, 0) is 12.1 Å². The normalized spacial score (nSPS) is 18.4. The summed E-state index contributed by atoms with van der Waals surface area (Å²) in [5.41, 5.74) is 0. The fraction of sp³-hybridized carbons (Fsp3) is 0.0909. The summed E-state index contributed by atoms with van der Waals surface area (Å²) in [4.78, 5) is 11.7. The zero-order valence-electron chi connectivity index (χ0n) is 8.65. The number of hydrogen-bond acceptors (Lipinski definition) is 4. The van der Waals surface area contributed by atoms with E-state index in [1.807, 2.05) is 48.8 Å². The second kappa shape index (κ2) is 3.30. The molecule has 17 heavy (non-hydrogen) atoms. The van der Waals surface area contributed by atoms with E-state index in [9.17, 15) is 0 Å². The van der Waals surface area contributed by atoms with Gasteiger partial charge in [-0.25, -0.2) is 0 Å². The molecule has 2 aliphatic heterocycles. The molecule has 0 aliphatic carbocycles. The molecule has 2 aromatic heterocycles. The maximum atomic E-state index is 5.84. The van der Waals surface area contributed by atoms with Crippen LogP contribution in [0.1, 0.15) is 0 Å². The Balaban J connectivity index is 1.72. The molecule has 0 fully saturated rings. The van der Waals surface area contributed by atoms with Crippen LogP contribution in [0.15, 0.2) is 58.8 Å². The van der Waals surface area contributed by atoms with Crippen molar-refractivity contribution in [3.05, 3.63) is 48.8 Å². The number of fused-ring (bicyclic) bond motifs is 2. The third-order valence-corrected chi connectivity index (χ3v) is 4.81. The van der Waals surface area contributed by atoms with Gasteiger partial charge in [-0.1, -0.05) is 0 Å². The summed E-state index contributed by atoms with van der Waals surface area (Å²) in [5.74, 6) is 0. The largest absolute Gasteiger partial charge is 0.493 e. The minimum absolute atomic E-state index is 0.733. The van der Waals surface area contributed by atoms with Crippen molar-refractivity contribution in [1.82, 2.24) is 0 Å². The average Bonchev–Trinajstić information content (AvgIpc) is 2.87. The van der Waals surface area contributed by atoms with Crippen molar-refractivity contribution in [2.45, 2.75) is 14.5 Å². The van der Waals surface area contributed by atoms with Gasteiger partial charge in [0.1, 0.15) is 0 Å². The van der Waals surface area contributed by atoms with Crippen LogP contribution in [0.5, 0.6) is 0 Å². The van der Waals surface area contributed by atoms with E-state index in [0.29, 0.717) is 0 Å². The predicted molar refractivity (Wildman–Crippen MR) is 60.9 cm³/mol. The van der Waals surface area contributed by atoms with Gasteiger partial charge in [0.25, 0.3) is 10.1 Å². The topological polar surface area (TPSA) is 26.2 Å². The molecular weight excluding hydrogens is 256 g/mol. The van der Waals surface area contributed by atoms with Crippen molar-refractivity contribution >= 4 is 23.5 Å². The molecule has 4 heterocycles. The van der Waals surface area contributed by atoms with Gasteiger partial charge in [0.05, 0.1) is 23.5 Å². The molecule has 4 nitrogen and oxygen atoms in total. The third kappa shape index (κ3) is 1.41. The van der Waals surface area contributed by atoms with Gasteiger partial charge < -0.3 is 0 Å². The Hall–Kier alpha value is -1.40. The van der Waals surface area contributed by atoms with Gasteiger partial charge in [-0.15, -0.1) is 0 Å². The summed E-state index contributed by atoms with van der Waals surface area (Å²) in [7, 11) is 0. The van der Waals surface area contributed by atoms with E-state index in [-0.39, 0.29) is 0 Å². The van der Waals surface area contributed by atoms with Crippen molar-refractivity contribution < 1.29 is 19.1 Å². The Bertz CT molecular complexity index is 499. The lowest BCUT2D eigenvalue weighted by Gasteiger charge is -2.04. The quantitative estimate of drug-likeness (QED) is 0.652. The van der Waals surface area contributed by atoms with Crippen LogP contribution in [-0.2, 0) is 0 Å². The molecule has 0 saturated carbocycles. The summed E-state index contributed by atoms with van der Waals surface area (Å²) >= 11 is 3.13. The number of nitrogens with zero attached hydrogens (tertiary/aromatic N) is 2. The first-order valence-corrected chi connectivity index (χ1v) is 6.76. The van der Waals surface area contributed by atoms with E-state index in [1.54, 1.807) is 33.0 Å². The Morgan fingerprint density at radius 2 is 1.35 bits per heavy atom. The minimum Gasteiger partial charge on any atom is -0.189 e. The van der Waals surface area contributed by atoms with Crippen LogP contribution in [0.3, 0.4) is 0 Å². The highest BCUT2D eigenvalue weighted by molar-refractivity contribution is 8.17. The van der Waals surface area contributed by atoms with Crippen molar-refractivity contribution in [1.29, 1.82) is 0 Å². The molecule has 0 atom stereocenters. The van der Waals surface area contributed by atoms with E-state index in [4.69, 9.17) is 9.68 Å². The number of thioether (sulfide) groups is 2. The summed E-state index contributed by atoms with van der Waals surface area (Å²) < 4.78 is 2.75. The standard InChI is InChI=1S/C11H8N2O2S2/c1-3-7-12-9(5-1)16-11(14-12)15-13-8-4-2-6-10(13)17-11/h1-8H/q+2. The second-order valence-corrected chi connectivity index (χ2v) is 6.19. The third-order valence-electron chi connectivity index (χ3n) is 2.46. The SMILES string of the molecule is c1cc[n+]2c(c1)SC1(O2)O[n+]2ccccc2S1. The monoisotopic (exact) mass is 264 g/mol. The van der Waals surface area contributed by atoms with Crippen LogP contribution in [0.2, 0.25) is 0 Å². The molecule has 6 heteroatoms. The Morgan fingerprint density at radius 1 is 0.824 bits per heavy atom. The highest BCUT2D eigenvalue weighted by atomic mass is 32.2. The Morgan fingerprint density at radius 3 is 1.82 bits per heavy atom. The van der Waals surface area contributed by atoms with E-state index in [2.05, 4.69) is 0 Å². The summed E-state index contributed by atoms with van der Waals surface area (Å²) in [5, 5.41) is 2.07. The van der Waals surface area contributed by atoms with Gasteiger partial charge in [0, 0.05) is 33.7 Å². The number of aromatic nitrogens is 2. The molecular formula is C11H8N2O2S2+2. The van der Waals surface area contributed by atoms with Crippen LogP contribution in [0.4, 0.5) is 0 Å². The van der Waals surface area contributed by atoms with Crippen molar-refractivity contribution in [3.8, 4) is 0 Å². The maximum Gasteiger partial charge on any atom is 0.493 e. The molecule has 0 radical (unpaired) electrons. The lowest BCUT2D eigenvalue weighted by Crippen LogP contribution is -2.54. The number of rotatable bonds is 0.